The van der Waals surface area contributed by atoms with E-state index in [4.69, 9.17) is 5.11 Å². The molecule has 0 saturated heterocycles. The van der Waals surface area contributed by atoms with Crippen LogP contribution in [0, 0.1) is 0 Å². The monoisotopic (exact) mass is 205 g/mol. The molecule has 0 aliphatic heterocycles. The molecule has 0 fully saturated rings. The summed E-state index contributed by atoms with van der Waals surface area (Å²) in [5.41, 5.74) is 0.355. The summed E-state index contributed by atoms with van der Waals surface area (Å²) in [5.74, 6) is -5.91. The molecule has 0 aliphatic rings. The Kier molecular flexibility index (Phi) is 2.68. The Bertz CT molecular complexity index is 337. The molecule has 1 heterocycles. The van der Waals surface area contributed by atoms with Gasteiger partial charge in [-0.25, -0.2) is 4.79 Å². The lowest BCUT2D eigenvalue weighted by molar-refractivity contribution is -0.162. The Morgan fingerprint density at radius 2 is 2.43 bits per heavy atom. The van der Waals surface area contributed by atoms with Gasteiger partial charge >= 0.3 is 11.9 Å². The van der Waals surface area contributed by atoms with Gasteiger partial charge in [0.1, 0.15) is 0 Å². The summed E-state index contributed by atoms with van der Waals surface area (Å²) in [5, 5.41) is 14.1. The van der Waals surface area contributed by atoms with Gasteiger partial charge in [-0.2, -0.15) is 13.9 Å². The third kappa shape index (κ3) is 2.41. The van der Waals surface area contributed by atoms with Gasteiger partial charge < -0.3 is 10.4 Å². The Hall–Kier alpha value is -1.66. The van der Waals surface area contributed by atoms with Gasteiger partial charge in [-0.3, -0.25) is 4.68 Å². The highest BCUT2D eigenvalue weighted by Crippen LogP contribution is 2.14. The molecule has 0 unspecified atom stereocenters. The van der Waals surface area contributed by atoms with E-state index in [-0.39, 0.29) is 0 Å². The molecular weight excluding hydrogens is 196 g/mol. The van der Waals surface area contributed by atoms with E-state index in [9.17, 15) is 13.6 Å². The fraction of sp³-hybridized carbons (Fsp3) is 0.429. The van der Waals surface area contributed by atoms with Crippen LogP contribution in [-0.2, 0) is 11.8 Å². The molecule has 0 aromatic carbocycles. The summed E-state index contributed by atoms with van der Waals surface area (Å²) in [6.45, 7) is -0.950. The van der Waals surface area contributed by atoms with Crippen LogP contribution in [0.2, 0.25) is 0 Å². The SMILES string of the molecule is Cn1cc(NCC(F)(F)C(=O)O)cn1. The van der Waals surface area contributed by atoms with Crippen LogP contribution in [0.4, 0.5) is 14.5 Å². The minimum absolute atomic E-state index is 0.355. The molecule has 0 saturated carbocycles. The van der Waals surface area contributed by atoms with Crippen LogP contribution in [0.3, 0.4) is 0 Å². The predicted molar refractivity (Wildman–Crippen MR) is 44.3 cm³/mol. The van der Waals surface area contributed by atoms with E-state index in [1.165, 1.54) is 17.1 Å². The smallest absolute Gasteiger partial charge is 0.376 e. The molecule has 1 aromatic heterocycles. The van der Waals surface area contributed by atoms with Crippen molar-refractivity contribution in [2.45, 2.75) is 5.92 Å². The third-order valence-corrected chi connectivity index (χ3v) is 1.53. The van der Waals surface area contributed by atoms with Crippen LogP contribution in [0.15, 0.2) is 12.4 Å². The first kappa shape index (κ1) is 10.4. The number of aromatic nitrogens is 2. The quantitative estimate of drug-likeness (QED) is 0.753. The summed E-state index contributed by atoms with van der Waals surface area (Å²) in [6, 6.07) is 0. The van der Waals surface area contributed by atoms with Gasteiger partial charge in [0.05, 0.1) is 18.4 Å². The van der Waals surface area contributed by atoms with Crippen LogP contribution in [-0.4, -0.2) is 33.3 Å². The average molecular weight is 205 g/mol. The highest BCUT2D eigenvalue weighted by atomic mass is 19.3. The van der Waals surface area contributed by atoms with Gasteiger partial charge in [0.15, 0.2) is 0 Å². The number of nitrogens with zero attached hydrogens (tertiary/aromatic N) is 2. The molecule has 2 N–H and O–H groups in total. The maximum absolute atomic E-state index is 12.5. The standard InChI is InChI=1S/C7H9F2N3O2/c1-12-3-5(2-11-12)10-4-7(8,9)6(13)14/h2-3,10H,4H2,1H3,(H,13,14). The Morgan fingerprint density at radius 1 is 1.79 bits per heavy atom. The zero-order valence-corrected chi connectivity index (χ0v) is 7.37. The van der Waals surface area contributed by atoms with Crippen molar-refractivity contribution in [2.75, 3.05) is 11.9 Å². The van der Waals surface area contributed by atoms with Gasteiger partial charge in [0, 0.05) is 13.2 Å². The van der Waals surface area contributed by atoms with Gasteiger partial charge in [-0.15, -0.1) is 0 Å². The fourth-order valence-corrected chi connectivity index (χ4v) is 0.801. The molecule has 78 valence electrons. The molecule has 1 aromatic rings. The Labute approximate surface area is 78.3 Å². The first-order chi connectivity index (χ1) is 6.42. The second kappa shape index (κ2) is 3.60. The van der Waals surface area contributed by atoms with Crippen molar-refractivity contribution in [1.29, 1.82) is 0 Å². The zero-order chi connectivity index (χ0) is 10.8. The number of hydrogen-bond acceptors (Lipinski definition) is 3. The molecule has 0 atom stereocenters. The van der Waals surface area contributed by atoms with Crippen molar-refractivity contribution in [3.63, 3.8) is 0 Å². The molecule has 0 spiro atoms. The van der Waals surface area contributed by atoms with Crippen LogP contribution >= 0.6 is 0 Å². The Morgan fingerprint density at radius 3 is 2.86 bits per heavy atom. The summed E-state index contributed by atoms with van der Waals surface area (Å²) in [6.07, 6.45) is 2.80. The van der Waals surface area contributed by atoms with Crippen molar-refractivity contribution < 1.29 is 18.7 Å². The number of aliphatic carboxylic acids is 1. The van der Waals surface area contributed by atoms with Gasteiger partial charge in [-0.1, -0.05) is 0 Å². The summed E-state index contributed by atoms with van der Waals surface area (Å²) >= 11 is 0. The van der Waals surface area contributed by atoms with Crippen molar-refractivity contribution in [1.82, 2.24) is 9.78 Å². The average Bonchev–Trinajstić information content (AvgIpc) is 2.48. The number of aryl methyl sites for hydroxylation is 1. The molecule has 0 amide bonds. The fourth-order valence-electron chi connectivity index (χ4n) is 0.801. The number of hydrogen-bond donors (Lipinski definition) is 2. The van der Waals surface area contributed by atoms with Crippen LogP contribution in [0.1, 0.15) is 0 Å². The number of carbonyl (C=O) groups is 1. The van der Waals surface area contributed by atoms with Crippen molar-refractivity contribution in [3.8, 4) is 0 Å². The van der Waals surface area contributed by atoms with Gasteiger partial charge in [0.25, 0.3) is 0 Å². The topological polar surface area (TPSA) is 67.2 Å². The second-order valence-corrected chi connectivity index (χ2v) is 2.77. The van der Waals surface area contributed by atoms with E-state index >= 15 is 0 Å². The largest absolute Gasteiger partial charge is 0.477 e. The van der Waals surface area contributed by atoms with E-state index in [0.29, 0.717) is 5.69 Å². The van der Waals surface area contributed by atoms with Gasteiger partial charge in [0.2, 0.25) is 0 Å². The molecule has 0 radical (unpaired) electrons. The van der Waals surface area contributed by atoms with Gasteiger partial charge in [-0.05, 0) is 0 Å². The minimum atomic E-state index is -3.77. The minimum Gasteiger partial charge on any atom is -0.477 e. The zero-order valence-electron chi connectivity index (χ0n) is 7.37. The lowest BCUT2D eigenvalue weighted by atomic mass is 10.3. The molecule has 14 heavy (non-hydrogen) atoms. The Balaban J connectivity index is 2.52. The number of carboxylic acids is 1. The summed E-state index contributed by atoms with van der Waals surface area (Å²) < 4.78 is 26.5. The molecule has 7 heteroatoms. The lowest BCUT2D eigenvalue weighted by Crippen LogP contribution is -2.35. The third-order valence-electron chi connectivity index (χ3n) is 1.53. The van der Waals surface area contributed by atoms with Crippen LogP contribution in [0.25, 0.3) is 0 Å². The molecule has 0 aliphatic carbocycles. The number of nitrogens with one attached hydrogen (secondary N) is 1. The first-order valence-electron chi connectivity index (χ1n) is 3.75. The number of anilines is 1. The summed E-state index contributed by atoms with van der Waals surface area (Å²) in [7, 11) is 1.63. The van der Waals surface area contributed by atoms with E-state index in [1.807, 2.05) is 0 Å². The second-order valence-electron chi connectivity index (χ2n) is 2.77. The number of alkyl halides is 2. The van der Waals surface area contributed by atoms with E-state index in [2.05, 4.69) is 10.4 Å². The lowest BCUT2D eigenvalue weighted by Gasteiger charge is -2.11. The van der Waals surface area contributed by atoms with E-state index in [0.717, 1.165) is 0 Å². The van der Waals surface area contributed by atoms with E-state index < -0.39 is 18.4 Å². The van der Waals surface area contributed by atoms with Crippen molar-refractivity contribution >= 4 is 11.7 Å². The molecule has 5 nitrogen and oxygen atoms in total. The highest BCUT2D eigenvalue weighted by molar-refractivity contribution is 5.76. The van der Waals surface area contributed by atoms with Crippen molar-refractivity contribution in [3.05, 3.63) is 12.4 Å². The highest BCUT2D eigenvalue weighted by Gasteiger charge is 2.38. The maximum Gasteiger partial charge on any atom is 0.376 e. The number of rotatable bonds is 4. The number of carboxylic acid groups (broad SMARTS) is 1. The number of halogens is 2. The van der Waals surface area contributed by atoms with Crippen LogP contribution in [0.5, 0.6) is 0 Å². The summed E-state index contributed by atoms with van der Waals surface area (Å²) in [4.78, 5) is 10.0. The maximum atomic E-state index is 12.5. The molecule has 1 rings (SSSR count). The van der Waals surface area contributed by atoms with Crippen molar-refractivity contribution in [2.24, 2.45) is 7.05 Å². The first-order valence-corrected chi connectivity index (χ1v) is 3.75. The van der Waals surface area contributed by atoms with E-state index in [1.54, 1.807) is 7.05 Å². The predicted octanol–water partition coefficient (Wildman–Crippen LogP) is 0.552. The van der Waals surface area contributed by atoms with Crippen LogP contribution < -0.4 is 5.32 Å². The molecule has 0 bridgehead atoms. The normalized spacial score (nSPS) is 11.4. The molecular formula is C7H9F2N3O2.